The molecule has 6 heteroatoms. The first kappa shape index (κ1) is 12.0. The molecule has 5 nitrogen and oxygen atoms in total. The Balaban J connectivity index is 2.49. The zero-order chi connectivity index (χ0) is 11.3. The molecule has 0 bridgehead atoms. The Labute approximate surface area is 92.9 Å². The zero-order valence-electron chi connectivity index (χ0n) is 8.88. The Morgan fingerprint density at radius 1 is 1.73 bits per heavy atom. The maximum atomic E-state index is 10.6. The van der Waals surface area contributed by atoms with Crippen LogP contribution in [-0.4, -0.2) is 31.1 Å². The number of hydrogen-bond donors (Lipinski definition) is 1. The SMILES string of the molecule is CCCn1ncnc1CSC(C)C(=O)O. The predicted molar refractivity (Wildman–Crippen MR) is 58.7 cm³/mol. The molecule has 1 N–H and O–H groups in total. The Bertz CT molecular complexity index is 327. The van der Waals surface area contributed by atoms with Gasteiger partial charge in [0.1, 0.15) is 12.2 Å². The van der Waals surface area contributed by atoms with Crippen LogP contribution in [0.4, 0.5) is 0 Å². The van der Waals surface area contributed by atoms with E-state index in [0.29, 0.717) is 5.75 Å². The highest BCUT2D eigenvalue weighted by atomic mass is 32.2. The van der Waals surface area contributed by atoms with Crippen molar-refractivity contribution in [2.75, 3.05) is 0 Å². The van der Waals surface area contributed by atoms with Crippen LogP contribution in [0.25, 0.3) is 0 Å². The van der Waals surface area contributed by atoms with Crippen molar-refractivity contribution in [2.45, 2.75) is 37.8 Å². The van der Waals surface area contributed by atoms with Gasteiger partial charge in [0.25, 0.3) is 0 Å². The molecule has 1 rings (SSSR count). The van der Waals surface area contributed by atoms with Crippen LogP contribution in [0.5, 0.6) is 0 Å². The monoisotopic (exact) mass is 229 g/mol. The van der Waals surface area contributed by atoms with Gasteiger partial charge in [-0.05, 0) is 13.3 Å². The molecule has 0 aromatic carbocycles. The maximum absolute atomic E-state index is 10.6. The fraction of sp³-hybridized carbons (Fsp3) is 0.667. The first-order valence-electron chi connectivity index (χ1n) is 4.86. The minimum Gasteiger partial charge on any atom is -0.480 e. The second-order valence-electron chi connectivity index (χ2n) is 3.19. The lowest BCUT2D eigenvalue weighted by Crippen LogP contribution is -2.13. The smallest absolute Gasteiger partial charge is 0.316 e. The van der Waals surface area contributed by atoms with E-state index in [1.54, 1.807) is 6.92 Å². The van der Waals surface area contributed by atoms with Crippen LogP contribution in [0.2, 0.25) is 0 Å². The van der Waals surface area contributed by atoms with Crippen molar-refractivity contribution < 1.29 is 9.90 Å². The third kappa shape index (κ3) is 3.54. The number of aliphatic carboxylic acids is 1. The fourth-order valence-corrected chi connectivity index (χ4v) is 1.83. The highest BCUT2D eigenvalue weighted by Gasteiger charge is 2.13. The molecule has 15 heavy (non-hydrogen) atoms. The summed E-state index contributed by atoms with van der Waals surface area (Å²) in [6, 6.07) is 0. The third-order valence-electron chi connectivity index (χ3n) is 1.94. The van der Waals surface area contributed by atoms with E-state index in [4.69, 9.17) is 5.11 Å². The van der Waals surface area contributed by atoms with Crippen LogP contribution >= 0.6 is 11.8 Å². The molecule has 84 valence electrons. The van der Waals surface area contributed by atoms with E-state index in [1.807, 2.05) is 4.68 Å². The average Bonchev–Trinajstić information content (AvgIpc) is 2.62. The lowest BCUT2D eigenvalue weighted by Gasteiger charge is -2.06. The molecular weight excluding hydrogens is 214 g/mol. The maximum Gasteiger partial charge on any atom is 0.316 e. The van der Waals surface area contributed by atoms with Crippen molar-refractivity contribution in [3.63, 3.8) is 0 Å². The molecule has 0 spiro atoms. The van der Waals surface area contributed by atoms with Gasteiger partial charge in [0.15, 0.2) is 0 Å². The molecule has 0 aliphatic carbocycles. The number of aryl methyl sites for hydroxylation is 1. The third-order valence-corrected chi connectivity index (χ3v) is 3.07. The van der Waals surface area contributed by atoms with Crippen LogP contribution in [0.1, 0.15) is 26.1 Å². The first-order valence-corrected chi connectivity index (χ1v) is 5.91. The molecule has 1 aromatic rings. The van der Waals surface area contributed by atoms with Crippen molar-refractivity contribution in [3.8, 4) is 0 Å². The van der Waals surface area contributed by atoms with E-state index in [9.17, 15) is 4.79 Å². The lowest BCUT2D eigenvalue weighted by atomic mass is 10.5. The lowest BCUT2D eigenvalue weighted by molar-refractivity contribution is -0.136. The number of carboxylic acid groups (broad SMARTS) is 1. The van der Waals surface area contributed by atoms with Crippen LogP contribution in [-0.2, 0) is 17.1 Å². The van der Waals surface area contributed by atoms with Gasteiger partial charge in [-0.2, -0.15) is 5.10 Å². The summed E-state index contributed by atoms with van der Waals surface area (Å²) in [5.41, 5.74) is 0. The predicted octanol–water partition coefficient (Wildman–Crippen LogP) is 1.39. The summed E-state index contributed by atoms with van der Waals surface area (Å²) >= 11 is 1.36. The number of carboxylic acids is 1. The Morgan fingerprint density at radius 3 is 3.07 bits per heavy atom. The first-order chi connectivity index (χ1) is 7.15. The Hall–Kier alpha value is -1.04. The molecule has 1 atom stereocenters. The van der Waals surface area contributed by atoms with Crippen LogP contribution in [0.3, 0.4) is 0 Å². The van der Waals surface area contributed by atoms with E-state index in [0.717, 1.165) is 18.8 Å². The molecule has 0 saturated heterocycles. The molecule has 0 aliphatic heterocycles. The molecule has 0 aliphatic rings. The topological polar surface area (TPSA) is 68.0 Å². The van der Waals surface area contributed by atoms with E-state index in [1.165, 1.54) is 18.1 Å². The van der Waals surface area contributed by atoms with Gasteiger partial charge in [-0.25, -0.2) is 9.67 Å². The zero-order valence-corrected chi connectivity index (χ0v) is 9.70. The van der Waals surface area contributed by atoms with Crippen LogP contribution in [0.15, 0.2) is 6.33 Å². The normalized spacial score (nSPS) is 12.7. The molecule has 0 saturated carbocycles. The van der Waals surface area contributed by atoms with E-state index in [-0.39, 0.29) is 0 Å². The van der Waals surface area contributed by atoms with Crippen molar-refractivity contribution in [2.24, 2.45) is 0 Å². The summed E-state index contributed by atoms with van der Waals surface area (Å²) in [5, 5.41) is 12.4. The number of carbonyl (C=O) groups is 1. The minimum atomic E-state index is -0.790. The summed E-state index contributed by atoms with van der Waals surface area (Å²) in [4.78, 5) is 14.7. The summed E-state index contributed by atoms with van der Waals surface area (Å²) in [6.45, 7) is 4.57. The second kappa shape index (κ2) is 5.75. The number of thioether (sulfide) groups is 1. The molecule has 1 aromatic heterocycles. The van der Waals surface area contributed by atoms with Crippen molar-refractivity contribution in [1.29, 1.82) is 0 Å². The van der Waals surface area contributed by atoms with Gasteiger partial charge in [0, 0.05) is 6.54 Å². The van der Waals surface area contributed by atoms with Gasteiger partial charge in [0.05, 0.1) is 11.0 Å². The quantitative estimate of drug-likeness (QED) is 0.798. The van der Waals surface area contributed by atoms with Gasteiger partial charge in [-0.3, -0.25) is 4.79 Å². The van der Waals surface area contributed by atoms with Crippen molar-refractivity contribution >= 4 is 17.7 Å². The summed E-state index contributed by atoms with van der Waals surface area (Å²) in [5.74, 6) is 0.643. The number of rotatable bonds is 6. The molecular formula is C9H15N3O2S. The summed E-state index contributed by atoms with van der Waals surface area (Å²) < 4.78 is 1.82. The van der Waals surface area contributed by atoms with E-state index >= 15 is 0 Å². The van der Waals surface area contributed by atoms with Gasteiger partial charge >= 0.3 is 5.97 Å². The van der Waals surface area contributed by atoms with E-state index < -0.39 is 11.2 Å². The van der Waals surface area contributed by atoms with Crippen LogP contribution < -0.4 is 0 Å². The van der Waals surface area contributed by atoms with Gasteiger partial charge in [-0.15, -0.1) is 11.8 Å². The number of hydrogen-bond acceptors (Lipinski definition) is 4. The van der Waals surface area contributed by atoms with Crippen LogP contribution in [0, 0.1) is 0 Å². The summed E-state index contributed by atoms with van der Waals surface area (Å²) in [7, 11) is 0. The van der Waals surface area contributed by atoms with Crippen molar-refractivity contribution in [1.82, 2.24) is 14.8 Å². The largest absolute Gasteiger partial charge is 0.480 e. The Morgan fingerprint density at radius 2 is 2.47 bits per heavy atom. The van der Waals surface area contributed by atoms with Gasteiger partial charge < -0.3 is 5.11 Å². The molecule has 0 amide bonds. The minimum absolute atomic E-state index is 0.406. The molecule has 1 heterocycles. The Kier molecular flexibility index (Phi) is 4.61. The molecule has 1 unspecified atom stereocenters. The van der Waals surface area contributed by atoms with Crippen molar-refractivity contribution in [3.05, 3.63) is 12.2 Å². The van der Waals surface area contributed by atoms with Gasteiger partial charge in [0.2, 0.25) is 0 Å². The summed E-state index contributed by atoms with van der Waals surface area (Å²) in [6.07, 6.45) is 2.51. The highest BCUT2D eigenvalue weighted by molar-refractivity contribution is 7.99. The molecule has 0 radical (unpaired) electrons. The number of nitrogens with zero attached hydrogens (tertiary/aromatic N) is 3. The second-order valence-corrected chi connectivity index (χ2v) is 4.52. The standard InChI is InChI=1S/C9H15N3O2S/c1-3-4-12-8(10-6-11-12)5-15-7(2)9(13)14/h6-7H,3-5H2,1-2H3,(H,13,14). The average molecular weight is 229 g/mol. The highest BCUT2D eigenvalue weighted by Crippen LogP contribution is 2.16. The van der Waals surface area contributed by atoms with E-state index in [2.05, 4.69) is 17.0 Å². The fourth-order valence-electron chi connectivity index (χ4n) is 1.07. The van der Waals surface area contributed by atoms with Gasteiger partial charge in [-0.1, -0.05) is 6.92 Å². The molecule has 0 fully saturated rings. The number of aromatic nitrogens is 3.